The van der Waals surface area contributed by atoms with Gasteiger partial charge in [0.15, 0.2) is 6.10 Å². The second-order valence-corrected chi connectivity index (χ2v) is 17.2. The van der Waals surface area contributed by atoms with Gasteiger partial charge in [0, 0.05) is 12.8 Å². The molecular formula is C65H98O5. The second-order valence-electron chi connectivity index (χ2n) is 17.2. The summed E-state index contributed by atoms with van der Waals surface area (Å²) in [7, 11) is 0. The van der Waals surface area contributed by atoms with Gasteiger partial charge in [-0.05, 0) is 135 Å². The van der Waals surface area contributed by atoms with Crippen molar-refractivity contribution < 1.29 is 24.2 Å². The van der Waals surface area contributed by atoms with E-state index in [0.717, 1.165) is 167 Å². The van der Waals surface area contributed by atoms with E-state index < -0.39 is 6.10 Å². The lowest BCUT2D eigenvalue weighted by Gasteiger charge is -2.15. The monoisotopic (exact) mass is 959 g/mol. The normalized spacial score (nSPS) is 13.7. The van der Waals surface area contributed by atoms with E-state index in [-0.39, 0.29) is 25.2 Å². The number of esters is 2. The Bertz CT molecular complexity index is 1650. The van der Waals surface area contributed by atoms with E-state index in [2.05, 4.69) is 196 Å². The van der Waals surface area contributed by atoms with Gasteiger partial charge in [-0.15, -0.1) is 0 Å². The quantitative estimate of drug-likeness (QED) is 0.0374. The van der Waals surface area contributed by atoms with E-state index in [0.29, 0.717) is 12.8 Å². The summed E-state index contributed by atoms with van der Waals surface area (Å²) in [5, 5.41) is 9.64. The largest absolute Gasteiger partial charge is 0.462 e. The summed E-state index contributed by atoms with van der Waals surface area (Å²) in [6.45, 7) is 3.85. The third-order valence-corrected chi connectivity index (χ3v) is 10.7. The Morgan fingerprint density at radius 2 is 0.571 bits per heavy atom. The average Bonchev–Trinajstić information content (AvgIpc) is 3.36. The molecule has 1 unspecified atom stereocenters. The van der Waals surface area contributed by atoms with Gasteiger partial charge < -0.3 is 14.6 Å². The van der Waals surface area contributed by atoms with Crippen LogP contribution >= 0.6 is 0 Å². The molecule has 0 aliphatic heterocycles. The molecule has 0 fully saturated rings. The molecule has 0 amide bonds. The Morgan fingerprint density at radius 3 is 0.857 bits per heavy atom. The first kappa shape index (κ1) is 65.0. The van der Waals surface area contributed by atoms with Crippen molar-refractivity contribution in [1.82, 2.24) is 0 Å². The van der Waals surface area contributed by atoms with Crippen LogP contribution < -0.4 is 0 Å². The van der Waals surface area contributed by atoms with E-state index in [1.807, 2.05) is 0 Å². The van der Waals surface area contributed by atoms with Crippen LogP contribution in [0.4, 0.5) is 0 Å². The number of ether oxygens (including phenoxy) is 2. The molecule has 0 bridgehead atoms. The summed E-state index contributed by atoms with van der Waals surface area (Å²) in [5.74, 6) is -0.659. The van der Waals surface area contributed by atoms with Crippen LogP contribution in [-0.2, 0) is 19.1 Å². The zero-order chi connectivity index (χ0) is 50.6. The second kappa shape index (κ2) is 58.3. The van der Waals surface area contributed by atoms with Crippen LogP contribution in [-0.4, -0.2) is 36.4 Å². The number of carbonyl (C=O) groups excluding carboxylic acids is 2. The molecule has 0 aliphatic rings. The van der Waals surface area contributed by atoms with Crippen LogP contribution in [0.1, 0.15) is 194 Å². The fourth-order valence-corrected chi connectivity index (χ4v) is 6.67. The Morgan fingerprint density at radius 1 is 0.329 bits per heavy atom. The van der Waals surface area contributed by atoms with Gasteiger partial charge in [0.25, 0.3) is 0 Å². The van der Waals surface area contributed by atoms with Crippen molar-refractivity contribution in [3.05, 3.63) is 182 Å². The van der Waals surface area contributed by atoms with Gasteiger partial charge in [-0.1, -0.05) is 228 Å². The molecule has 0 aromatic carbocycles. The molecule has 0 rings (SSSR count). The Hall–Kier alpha value is -5.00. The highest BCUT2D eigenvalue weighted by molar-refractivity contribution is 5.70. The maximum Gasteiger partial charge on any atom is 0.306 e. The maximum absolute atomic E-state index is 12.3. The number of allylic oxidation sites excluding steroid dienone is 30. The molecule has 0 saturated heterocycles. The fraction of sp³-hybridized carbons (Fsp3) is 0.508. The predicted octanol–water partition coefficient (Wildman–Crippen LogP) is 18.7. The van der Waals surface area contributed by atoms with Crippen molar-refractivity contribution in [2.24, 2.45) is 0 Å². The van der Waals surface area contributed by atoms with Gasteiger partial charge in [-0.3, -0.25) is 9.59 Å². The topological polar surface area (TPSA) is 72.8 Å². The molecular weight excluding hydrogens is 861 g/mol. The fourth-order valence-electron chi connectivity index (χ4n) is 6.67. The van der Waals surface area contributed by atoms with Gasteiger partial charge in [-0.2, -0.15) is 0 Å². The number of hydrogen-bond acceptors (Lipinski definition) is 5. The minimum atomic E-state index is -0.810. The number of carbonyl (C=O) groups is 2. The lowest BCUT2D eigenvalue weighted by atomic mass is 10.1. The van der Waals surface area contributed by atoms with E-state index >= 15 is 0 Å². The smallest absolute Gasteiger partial charge is 0.306 e. The van der Waals surface area contributed by atoms with Gasteiger partial charge >= 0.3 is 11.9 Å². The highest BCUT2D eigenvalue weighted by atomic mass is 16.6. The molecule has 0 aliphatic carbocycles. The first-order valence-corrected chi connectivity index (χ1v) is 27.3. The van der Waals surface area contributed by atoms with E-state index in [4.69, 9.17) is 9.47 Å². The van der Waals surface area contributed by atoms with Crippen molar-refractivity contribution in [2.75, 3.05) is 13.2 Å². The van der Waals surface area contributed by atoms with E-state index in [1.165, 1.54) is 0 Å². The predicted molar refractivity (Wildman–Crippen MR) is 306 cm³/mol. The van der Waals surface area contributed by atoms with Crippen molar-refractivity contribution >= 4 is 11.9 Å². The third kappa shape index (κ3) is 55.6. The number of unbranched alkanes of at least 4 members (excludes halogenated alkanes) is 9. The summed E-state index contributed by atoms with van der Waals surface area (Å²) >= 11 is 0. The lowest BCUT2D eigenvalue weighted by Crippen LogP contribution is -2.28. The van der Waals surface area contributed by atoms with Crippen molar-refractivity contribution in [3.8, 4) is 0 Å². The lowest BCUT2D eigenvalue weighted by molar-refractivity contribution is -0.161. The molecule has 1 N–H and O–H groups in total. The van der Waals surface area contributed by atoms with Crippen LogP contribution in [0.25, 0.3) is 0 Å². The summed E-state index contributed by atoms with van der Waals surface area (Å²) < 4.78 is 10.7. The van der Waals surface area contributed by atoms with Crippen LogP contribution in [0.2, 0.25) is 0 Å². The molecule has 0 saturated carbocycles. The average molecular weight is 959 g/mol. The van der Waals surface area contributed by atoms with Crippen LogP contribution in [0.3, 0.4) is 0 Å². The molecule has 5 nitrogen and oxygen atoms in total. The molecule has 70 heavy (non-hydrogen) atoms. The summed E-state index contributed by atoms with van der Waals surface area (Å²) in [6, 6.07) is 0. The number of aliphatic hydroxyl groups excluding tert-OH is 1. The maximum atomic E-state index is 12.3. The molecule has 388 valence electrons. The number of aliphatic hydroxyl groups is 1. The Balaban J connectivity index is 3.71. The molecule has 0 spiro atoms. The molecule has 0 radical (unpaired) electrons. The zero-order valence-corrected chi connectivity index (χ0v) is 44.2. The molecule has 0 heterocycles. The minimum Gasteiger partial charge on any atom is -0.462 e. The number of hydrogen-bond donors (Lipinski definition) is 1. The zero-order valence-electron chi connectivity index (χ0n) is 44.2. The van der Waals surface area contributed by atoms with Crippen molar-refractivity contribution in [2.45, 2.75) is 200 Å². The van der Waals surface area contributed by atoms with Gasteiger partial charge in [0.2, 0.25) is 0 Å². The standard InChI is InChI=1S/C65H98O5/c1-3-5-7-9-11-13-15-17-19-21-23-25-26-27-28-29-30-31-32-33-34-35-36-37-38-40-42-44-46-48-50-52-54-56-58-60-65(68)70-63(61-66)62-69-64(67)59-57-55-53-51-49-47-45-43-41-39-24-22-20-18-16-14-12-10-8-6-4-2/h5-8,11-14,17-20,23-25,27-28,30-31,33-34,36-37,39-40,42-43,45-46,48,63,66H,3-4,9-10,15-16,21-22,26,29,32,35,38,41,44,47,49-62H2,1-2H3/b7-5-,8-6-,13-11-,14-12-,19-17-,20-18-,25-23-,28-27-,31-30-,34-33-,37-36-,39-24-,42-40-,45-43-,48-46-. The van der Waals surface area contributed by atoms with Crippen LogP contribution in [0.5, 0.6) is 0 Å². The molecule has 0 aromatic heterocycles. The highest BCUT2D eigenvalue weighted by Crippen LogP contribution is 2.11. The summed E-state index contributed by atoms with van der Waals surface area (Å²) in [5.41, 5.74) is 0. The first-order valence-electron chi connectivity index (χ1n) is 27.3. The third-order valence-electron chi connectivity index (χ3n) is 10.7. The summed E-state index contributed by atoms with van der Waals surface area (Å²) in [6.07, 6.45) is 92.7. The first-order chi connectivity index (χ1) is 34.6. The highest BCUT2D eigenvalue weighted by Gasteiger charge is 2.16. The van der Waals surface area contributed by atoms with Gasteiger partial charge in [0.05, 0.1) is 6.61 Å². The molecule has 5 heteroatoms. The van der Waals surface area contributed by atoms with Gasteiger partial charge in [0.1, 0.15) is 6.61 Å². The summed E-state index contributed by atoms with van der Waals surface area (Å²) in [4.78, 5) is 24.5. The van der Waals surface area contributed by atoms with Crippen LogP contribution in [0, 0.1) is 0 Å². The molecule has 1 atom stereocenters. The SMILES string of the molecule is CC/C=C\C/C=C\C/C=C\C/C=C\C/C=C\C/C=C\C/C=C\C/C=C\C/C=C\C/C=C\CCCCCCC(=O)OC(CO)COC(=O)CCCCCCC/C=C\C/C=C\C/C=C\C/C=C\C/C=C\CC. The minimum absolute atomic E-state index is 0.100. The van der Waals surface area contributed by atoms with E-state index in [9.17, 15) is 14.7 Å². The van der Waals surface area contributed by atoms with Gasteiger partial charge in [-0.25, -0.2) is 0 Å². The number of rotatable bonds is 47. The Kier molecular flexibility index (Phi) is 54.1. The van der Waals surface area contributed by atoms with Crippen molar-refractivity contribution in [3.63, 3.8) is 0 Å². The van der Waals surface area contributed by atoms with Crippen LogP contribution in [0.15, 0.2) is 182 Å². The molecule has 0 aromatic rings. The van der Waals surface area contributed by atoms with E-state index in [1.54, 1.807) is 0 Å². The Labute approximate surface area is 429 Å². The van der Waals surface area contributed by atoms with Crippen molar-refractivity contribution in [1.29, 1.82) is 0 Å².